The fourth-order valence-corrected chi connectivity index (χ4v) is 3.21. The Balaban J connectivity index is 0.00000190. The number of aromatic hydroxyl groups is 1. The molecule has 0 aliphatic rings. The quantitative estimate of drug-likeness (QED) is 0.527. The molecule has 0 atom stereocenters. The summed E-state index contributed by atoms with van der Waals surface area (Å²) >= 11 is 0. The third-order valence-corrected chi connectivity index (χ3v) is 4.67. The van der Waals surface area contributed by atoms with Gasteiger partial charge in [-0.25, -0.2) is 0 Å². The predicted octanol–water partition coefficient (Wildman–Crippen LogP) is 6.19. The molecule has 4 heteroatoms. The fourth-order valence-electron chi connectivity index (χ4n) is 3.21. The van der Waals surface area contributed by atoms with E-state index >= 15 is 0 Å². The average Bonchev–Trinajstić information content (AvgIpc) is 2.73. The fraction of sp³-hybridized carbons (Fsp3) is 0.500. The van der Waals surface area contributed by atoms with Crippen molar-refractivity contribution in [3.8, 4) is 11.5 Å². The minimum atomic E-state index is 0.229. The van der Waals surface area contributed by atoms with Gasteiger partial charge in [0.05, 0.1) is 13.2 Å². The molecule has 0 bridgehead atoms. The van der Waals surface area contributed by atoms with Gasteiger partial charge in [-0.15, -0.1) is 0 Å². The summed E-state index contributed by atoms with van der Waals surface area (Å²) < 4.78 is 16.3. The van der Waals surface area contributed by atoms with E-state index in [0.717, 1.165) is 35.3 Å². The molecule has 0 aliphatic carbocycles. The first-order chi connectivity index (χ1) is 13.6. The van der Waals surface area contributed by atoms with Crippen molar-refractivity contribution in [2.45, 2.75) is 66.3 Å². The highest BCUT2D eigenvalue weighted by Gasteiger charge is 2.11. The molecule has 4 nitrogen and oxygen atoms in total. The number of ether oxygens (including phenoxy) is 3. The molecule has 0 radical (unpaired) electrons. The SMILES string of the molecule is CC.CCC(CC)c1ccc(OCc2cc(COC)c(O)c(COC)c2)cc1. The summed E-state index contributed by atoms with van der Waals surface area (Å²) in [6.07, 6.45) is 2.30. The lowest BCUT2D eigenvalue weighted by Gasteiger charge is -2.15. The minimum absolute atomic E-state index is 0.229. The molecule has 0 saturated heterocycles. The van der Waals surface area contributed by atoms with Gasteiger partial charge < -0.3 is 19.3 Å². The van der Waals surface area contributed by atoms with Gasteiger partial charge in [-0.1, -0.05) is 39.8 Å². The smallest absolute Gasteiger partial charge is 0.126 e. The first-order valence-electron chi connectivity index (χ1n) is 10.2. The Morgan fingerprint density at radius 3 is 1.75 bits per heavy atom. The molecule has 0 fully saturated rings. The summed E-state index contributed by atoms with van der Waals surface area (Å²) in [4.78, 5) is 0. The van der Waals surface area contributed by atoms with E-state index in [2.05, 4.69) is 26.0 Å². The molecule has 0 saturated carbocycles. The standard InChI is InChI=1S/C22H30O4.C2H6/c1-5-17(6-2)18-7-9-21(10-8-18)26-13-16-11-19(14-24-3)22(23)20(12-16)15-25-4;1-2/h7-12,17,23H,5-6,13-15H2,1-4H3;1-2H3. The lowest BCUT2D eigenvalue weighted by Crippen LogP contribution is -2.02. The molecular weight excluding hydrogens is 352 g/mol. The average molecular weight is 389 g/mol. The van der Waals surface area contributed by atoms with Crippen molar-refractivity contribution in [2.24, 2.45) is 0 Å². The van der Waals surface area contributed by atoms with Gasteiger partial charge in [0.1, 0.15) is 18.1 Å². The largest absolute Gasteiger partial charge is 0.507 e. The molecule has 0 unspecified atom stereocenters. The van der Waals surface area contributed by atoms with E-state index in [1.165, 1.54) is 5.56 Å². The van der Waals surface area contributed by atoms with Crippen LogP contribution >= 0.6 is 0 Å². The van der Waals surface area contributed by atoms with Crippen molar-refractivity contribution in [1.29, 1.82) is 0 Å². The van der Waals surface area contributed by atoms with Crippen LogP contribution in [0.25, 0.3) is 0 Å². The summed E-state index contributed by atoms with van der Waals surface area (Å²) in [5.41, 5.74) is 3.82. The van der Waals surface area contributed by atoms with Crippen LogP contribution in [-0.2, 0) is 29.3 Å². The van der Waals surface area contributed by atoms with Crippen LogP contribution in [0.5, 0.6) is 11.5 Å². The Bertz CT molecular complexity index is 648. The summed E-state index contributed by atoms with van der Waals surface area (Å²) in [5.74, 6) is 1.68. The molecule has 156 valence electrons. The van der Waals surface area contributed by atoms with Crippen LogP contribution in [0, 0.1) is 0 Å². The van der Waals surface area contributed by atoms with E-state index in [-0.39, 0.29) is 5.75 Å². The van der Waals surface area contributed by atoms with Crippen molar-refractivity contribution in [1.82, 2.24) is 0 Å². The Labute approximate surface area is 170 Å². The molecule has 1 N–H and O–H groups in total. The second-order valence-corrected chi connectivity index (χ2v) is 6.50. The molecule has 0 amide bonds. The van der Waals surface area contributed by atoms with E-state index in [0.29, 0.717) is 25.7 Å². The summed E-state index contributed by atoms with van der Waals surface area (Å²) in [7, 11) is 3.22. The van der Waals surface area contributed by atoms with Crippen LogP contribution in [-0.4, -0.2) is 19.3 Å². The topological polar surface area (TPSA) is 47.9 Å². The van der Waals surface area contributed by atoms with Gasteiger partial charge in [0, 0.05) is 25.3 Å². The van der Waals surface area contributed by atoms with Crippen molar-refractivity contribution in [3.05, 3.63) is 58.7 Å². The van der Waals surface area contributed by atoms with E-state index in [1.807, 2.05) is 38.1 Å². The van der Waals surface area contributed by atoms with Crippen molar-refractivity contribution < 1.29 is 19.3 Å². The second kappa shape index (κ2) is 13.2. The maximum Gasteiger partial charge on any atom is 0.126 e. The zero-order valence-electron chi connectivity index (χ0n) is 18.2. The summed E-state index contributed by atoms with van der Waals surface area (Å²) in [5, 5.41) is 10.3. The third kappa shape index (κ3) is 6.84. The number of hydrogen-bond donors (Lipinski definition) is 1. The third-order valence-electron chi connectivity index (χ3n) is 4.67. The molecule has 28 heavy (non-hydrogen) atoms. The molecule has 0 aromatic heterocycles. The summed E-state index contributed by atoms with van der Waals surface area (Å²) in [6, 6.07) is 12.2. The van der Waals surface area contributed by atoms with Gasteiger partial charge >= 0.3 is 0 Å². The van der Waals surface area contributed by atoms with Crippen molar-refractivity contribution >= 4 is 0 Å². The number of rotatable bonds is 10. The van der Waals surface area contributed by atoms with E-state index < -0.39 is 0 Å². The zero-order chi connectivity index (χ0) is 20.9. The Morgan fingerprint density at radius 2 is 1.32 bits per heavy atom. The Hall–Kier alpha value is -2.04. The highest BCUT2D eigenvalue weighted by Crippen LogP contribution is 2.28. The monoisotopic (exact) mass is 388 g/mol. The van der Waals surface area contributed by atoms with E-state index in [9.17, 15) is 5.11 Å². The van der Waals surface area contributed by atoms with Crippen LogP contribution in [0.3, 0.4) is 0 Å². The normalized spacial score (nSPS) is 10.5. The molecule has 2 aromatic rings. The van der Waals surface area contributed by atoms with Crippen LogP contribution in [0.4, 0.5) is 0 Å². The molecule has 2 rings (SSSR count). The predicted molar refractivity (Wildman–Crippen MR) is 115 cm³/mol. The van der Waals surface area contributed by atoms with Crippen molar-refractivity contribution in [3.63, 3.8) is 0 Å². The van der Waals surface area contributed by atoms with Crippen molar-refractivity contribution in [2.75, 3.05) is 14.2 Å². The molecule has 0 heterocycles. The van der Waals surface area contributed by atoms with Gasteiger partial charge in [0.2, 0.25) is 0 Å². The first-order valence-corrected chi connectivity index (χ1v) is 10.2. The van der Waals surface area contributed by atoms with E-state index in [4.69, 9.17) is 14.2 Å². The second-order valence-electron chi connectivity index (χ2n) is 6.50. The Morgan fingerprint density at radius 1 is 0.821 bits per heavy atom. The number of phenolic OH excluding ortho intramolecular Hbond substituents is 1. The number of phenols is 1. The van der Waals surface area contributed by atoms with Gasteiger partial charge in [-0.05, 0) is 54.2 Å². The lowest BCUT2D eigenvalue weighted by atomic mass is 9.94. The van der Waals surface area contributed by atoms with Gasteiger partial charge in [0.25, 0.3) is 0 Å². The lowest BCUT2D eigenvalue weighted by molar-refractivity contribution is 0.174. The first kappa shape index (κ1) is 24.0. The molecule has 0 spiro atoms. The van der Waals surface area contributed by atoms with Gasteiger partial charge in [-0.2, -0.15) is 0 Å². The molecule has 0 aliphatic heterocycles. The Kier molecular flexibility index (Phi) is 11.3. The highest BCUT2D eigenvalue weighted by molar-refractivity contribution is 5.43. The van der Waals surface area contributed by atoms with Gasteiger partial charge in [-0.3, -0.25) is 0 Å². The zero-order valence-corrected chi connectivity index (χ0v) is 18.2. The molecule has 2 aromatic carbocycles. The number of benzene rings is 2. The van der Waals surface area contributed by atoms with Crippen LogP contribution in [0.2, 0.25) is 0 Å². The number of methoxy groups -OCH3 is 2. The number of hydrogen-bond acceptors (Lipinski definition) is 4. The van der Waals surface area contributed by atoms with Gasteiger partial charge in [0.15, 0.2) is 0 Å². The summed E-state index contributed by atoms with van der Waals surface area (Å²) in [6.45, 7) is 9.57. The maximum atomic E-state index is 10.3. The maximum absolute atomic E-state index is 10.3. The van der Waals surface area contributed by atoms with E-state index in [1.54, 1.807) is 14.2 Å². The minimum Gasteiger partial charge on any atom is -0.507 e. The highest BCUT2D eigenvalue weighted by atomic mass is 16.5. The van der Waals surface area contributed by atoms with Crippen LogP contribution < -0.4 is 4.74 Å². The molecular formula is C24H36O4. The van der Waals surface area contributed by atoms with Crippen LogP contribution in [0.15, 0.2) is 36.4 Å². The van der Waals surface area contributed by atoms with Crippen LogP contribution in [0.1, 0.15) is 68.7 Å².